The summed E-state index contributed by atoms with van der Waals surface area (Å²) < 4.78 is 2.03. The van der Waals surface area contributed by atoms with Crippen LogP contribution in [0.1, 0.15) is 5.69 Å². The smallest absolute Gasteiger partial charge is 0.167 e. The molecule has 0 aliphatic rings. The SMILES string of the molecule is Cn1ccnc1SCCNCc1ccccn1. The number of thioether (sulfide) groups is 1. The van der Waals surface area contributed by atoms with E-state index in [1.54, 1.807) is 11.8 Å². The van der Waals surface area contributed by atoms with Gasteiger partial charge in [-0.3, -0.25) is 4.98 Å². The lowest BCUT2D eigenvalue weighted by Gasteiger charge is -2.04. The van der Waals surface area contributed by atoms with Crippen LogP contribution in [0.2, 0.25) is 0 Å². The normalized spacial score (nSPS) is 10.6. The highest BCUT2D eigenvalue weighted by molar-refractivity contribution is 7.99. The van der Waals surface area contributed by atoms with E-state index in [0.717, 1.165) is 29.7 Å². The second kappa shape index (κ2) is 6.42. The second-order valence-corrected chi connectivity index (χ2v) is 4.73. The molecule has 0 atom stereocenters. The summed E-state index contributed by atoms with van der Waals surface area (Å²) in [5.41, 5.74) is 1.08. The maximum Gasteiger partial charge on any atom is 0.167 e. The standard InChI is InChI=1S/C12H16N4S/c1-16-8-6-15-12(16)17-9-7-13-10-11-4-2-3-5-14-11/h2-6,8,13H,7,9-10H2,1H3. The van der Waals surface area contributed by atoms with Crippen molar-refractivity contribution >= 4 is 11.8 Å². The largest absolute Gasteiger partial charge is 0.329 e. The third-order valence-corrected chi connectivity index (χ3v) is 3.38. The van der Waals surface area contributed by atoms with Gasteiger partial charge in [-0.1, -0.05) is 17.8 Å². The van der Waals surface area contributed by atoms with Gasteiger partial charge in [-0.2, -0.15) is 0 Å². The second-order valence-electron chi connectivity index (χ2n) is 3.67. The number of pyridine rings is 1. The van der Waals surface area contributed by atoms with E-state index in [2.05, 4.69) is 15.3 Å². The Labute approximate surface area is 105 Å². The predicted octanol–water partition coefficient (Wildman–Crippen LogP) is 1.70. The number of nitrogens with one attached hydrogen (secondary N) is 1. The third-order valence-electron chi connectivity index (χ3n) is 2.32. The highest BCUT2D eigenvalue weighted by Crippen LogP contribution is 2.12. The number of imidazole rings is 1. The quantitative estimate of drug-likeness (QED) is 0.624. The molecule has 2 aromatic heterocycles. The first kappa shape index (κ1) is 12.1. The molecule has 0 radical (unpaired) electrons. The zero-order chi connectivity index (χ0) is 11.9. The summed E-state index contributed by atoms with van der Waals surface area (Å²) in [6.45, 7) is 1.77. The minimum Gasteiger partial charge on any atom is -0.329 e. The van der Waals surface area contributed by atoms with E-state index < -0.39 is 0 Å². The van der Waals surface area contributed by atoms with Crippen LogP contribution in [0.4, 0.5) is 0 Å². The first-order valence-corrected chi connectivity index (χ1v) is 6.55. The molecule has 0 saturated carbocycles. The van der Waals surface area contributed by atoms with Crippen LogP contribution in [0.3, 0.4) is 0 Å². The molecule has 0 fully saturated rings. The number of rotatable bonds is 6. The maximum atomic E-state index is 4.26. The number of hydrogen-bond donors (Lipinski definition) is 1. The van der Waals surface area contributed by atoms with E-state index in [1.807, 2.05) is 48.4 Å². The monoisotopic (exact) mass is 248 g/mol. The molecule has 0 amide bonds. The molecule has 17 heavy (non-hydrogen) atoms. The average molecular weight is 248 g/mol. The van der Waals surface area contributed by atoms with Crippen LogP contribution in [-0.2, 0) is 13.6 Å². The molecule has 4 nitrogen and oxygen atoms in total. The van der Waals surface area contributed by atoms with Gasteiger partial charge in [-0.15, -0.1) is 0 Å². The van der Waals surface area contributed by atoms with Gasteiger partial charge < -0.3 is 9.88 Å². The Kier molecular flexibility index (Phi) is 4.58. The lowest BCUT2D eigenvalue weighted by atomic mass is 10.3. The zero-order valence-corrected chi connectivity index (χ0v) is 10.7. The third kappa shape index (κ3) is 3.87. The van der Waals surface area contributed by atoms with Crippen molar-refractivity contribution in [2.75, 3.05) is 12.3 Å². The van der Waals surface area contributed by atoms with Crippen molar-refractivity contribution in [3.63, 3.8) is 0 Å². The van der Waals surface area contributed by atoms with Gasteiger partial charge in [-0.05, 0) is 12.1 Å². The summed E-state index contributed by atoms with van der Waals surface area (Å²) in [5, 5.41) is 4.42. The number of hydrogen-bond acceptors (Lipinski definition) is 4. The van der Waals surface area contributed by atoms with Gasteiger partial charge in [0, 0.05) is 44.5 Å². The fourth-order valence-corrected chi connectivity index (χ4v) is 2.25. The summed E-state index contributed by atoms with van der Waals surface area (Å²) in [7, 11) is 2.01. The van der Waals surface area contributed by atoms with Crippen LogP contribution in [0.15, 0.2) is 41.9 Å². The lowest BCUT2D eigenvalue weighted by molar-refractivity contribution is 0.713. The Morgan fingerprint density at radius 1 is 1.29 bits per heavy atom. The molecule has 5 heteroatoms. The number of aryl methyl sites for hydroxylation is 1. The van der Waals surface area contributed by atoms with Crippen LogP contribution >= 0.6 is 11.8 Å². The van der Waals surface area contributed by atoms with E-state index in [0.29, 0.717) is 0 Å². The van der Waals surface area contributed by atoms with Gasteiger partial charge in [0.15, 0.2) is 5.16 Å². The van der Waals surface area contributed by atoms with E-state index >= 15 is 0 Å². The molecule has 0 aliphatic carbocycles. The van der Waals surface area contributed by atoms with Gasteiger partial charge in [-0.25, -0.2) is 4.98 Å². The Morgan fingerprint density at radius 3 is 2.94 bits per heavy atom. The van der Waals surface area contributed by atoms with E-state index in [1.165, 1.54) is 0 Å². The Bertz CT molecular complexity index is 441. The van der Waals surface area contributed by atoms with Crippen LogP contribution in [-0.4, -0.2) is 26.8 Å². The van der Waals surface area contributed by atoms with Gasteiger partial charge >= 0.3 is 0 Å². The zero-order valence-electron chi connectivity index (χ0n) is 9.84. The summed E-state index contributed by atoms with van der Waals surface area (Å²) >= 11 is 1.76. The number of nitrogens with zero attached hydrogens (tertiary/aromatic N) is 3. The van der Waals surface area contributed by atoms with Crippen LogP contribution < -0.4 is 5.32 Å². The van der Waals surface area contributed by atoms with E-state index in [-0.39, 0.29) is 0 Å². The van der Waals surface area contributed by atoms with Crippen molar-refractivity contribution in [3.8, 4) is 0 Å². The summed E-state index contributed by atoms with van der Waals surface area (Å²) in [6.07, 6.45) is 5.60. The topological polar surface area (TPSA) is 42.7 Å². The molecular formula is C12H16N4S. The molecule has 0 saturated heterocycles. The maximum absolute atomic E-state index is 4.26. The van der Waals surface area contributed by atoms with Crippen LogP contribution in [0.5, 0.6) is 0 Å². The molecule has 0 aliphatic heterocycles. The highest BCUT2D eigenvalue weighted by Gasteiger charge is 1.99. The Morgan fingerprint density at radius 2 is 2.24 bits per heavy atom. The molecule has 0 bridgehead atoms. The molecule has 90 valence electrons. The molecule has 0 aromatic carbocycles. The molecule has 2 heterocycles. The van der Waals surface area contributed by atoms with Gasteiger partial charge in [0.1, 0.15) is 0 Å². The van der Waals surface area contributed by atoms with Crippen LogP contribution in [0, 0.1) is 0 Å². The lowest BCUT2D eigenvalue weighted by Crippen LogP contribution is -2.17. The van der Waals surface area contributed by atoms with Crippen molar-refractivity contribution in [3.05, 3.63) is 42.5 Å². The average Bonchev–Trinajstić information content (AvgIpc) is 2.76. The van der Waals surface area contributed by atoms with Crippen LogP contribution in [0.25, 0.3) is 0 Å². The Balaban J connectivity index is 1.63. The molecule has 0 spiro atoms. The van der Waals surface area contributed by atoms with Crippen molar-refractivity contribution in [1.82, 2.24) is 19.9 Å². The van der Waals surface area contributed by atoms with Crippen molar-refractivity contribution in [2.45, 2.75) is 11.7 Å². The van der Waals surface area contributed by atoms with Gasteiger partial charge in [0.2, 0.25) is 0 Å². The van der Waals surface area contributed by atoms with E-state index in [4.69, 9.17) is 0 Å². The van der Waals surface area contributed by atoms with Crippen molar-refractivity contribution < 1.29 is 0 Å². The molecule has 2 rings (SSSR count). The number of aromatic nitrogens is 3. The van der Waals surface area contributed by atoms with Crippen molar-refractivity contribution in [2.24, 2.45) is 7.05 Å². The molecule has 1 N–H and O–H groups in total. The fraction of sp³-hybridized carbons (Fsp3) is 0.333. The molecule has 0 unspecified atom stereocenters. The minimum atomic E-state index is 0.821. The summed E-state index contributed by atoms with van der Waals surface area (Å²) in [6, 6.07) is 5.96. The van der Waals surface area contributed by atoms with Gasteiger partial charge in [0.05, 0.1) is 5.69 Å². The van der Waals surface area contributed by atoms with E-state index in [9.17, 15) is 0 Å². The highest BCUT2D eigenvalue weighted by atomic mass is 32.2. The first-order chi connectivity index (χ1) is 8.36. The fourth-order valence-electron chi connectivity index (χ4n) is 1.42. The summed E-state index contributed by atoms with van der Waals surface area (Å²) in [4.78, 5) is 8.51. The predicted molar refractivity (Wildman–Crippen MR) is 69.9 cm³/mol. The minimum absolute atomic E-state index is 0.821. The van der Waals surface area contributed by atoms with Gasteiger partial charge in [0.25, 0.3) is 0 Å². The Hall–Kier alpha value is -1.33. The first-order valence-electron chi connectivity index (χ1n) is 5.57. The molecule has 2 aromatic rings. The molecular weight excluding hydrogens is 232 g/mol. The summed E-state index contributed by atoms with van der Waals surface area (Å²) in [5.74, 6) is 1.01. The van der Waals surface area contributed by atoms with Crippen molar-refractivity contribution in [1.29, 1.82) is 0 Å².